The Kier molecular flexibility index (Phi) is 8.83. The predicted octanol–water partition coefficient (Wildman–Crippen LogP) is 9.11. The van der Waals surface area contributed by atoms with Gasteiger partial charge in [0.2, 0.25) is 0 Å². The minimum absolute atomic E-state index is 0.219. The van der Waals surface area contributed by atoms with Crippen LogP contribution in [0.15, 0.2) is 71.9 Å². The zero-order valence-corrected chi connectivity index (χ0v) is 24.1. The van der Waals surface area contributed by atoms with Crippen LogP contribution < -0.4 is 5.73 Å². The van der Waals surface area contributed by atoms with Crippen LogP contribution in [0.1, 0.15) is 92.9 Å². The van der Waals surface area contributed by atoms with Gasteiger partial charge in [-0.15, -0.1) is 5.92 Å². The van der Waals surface area contributed by atoms with Crippen LogP contribution in [-0.2, 0) is 0 Å². The van der Waals surface area contributed by atoms with Gasteiger partial charge in [-0.3, -0.25) is 0 Å². The topological polar surface area (TPSA) is 26.0 Å². The molecule has 0 aliphatic heterocycles. The second-order valence-corrected chi connectivity index (χ2v) is 12.6. The molecule has 3 rings (SSSR count). The lowest BCUT2D eigenvalue weighted by Crippen LogP contribution is -2.61. The Morgan fingerprint density at radius 1 is 1.22 bits per heavy atom. The number of hydrogen-bond acceptors (Lipinski definition) is 1. The van der Waals surface area contributed by atoms with Crippen molar-refractivity contribution in [1.29, 1.82) is 0 Å². The highest BCUT2D eigenvalue weighted by molar-refractivity contribution is 5.46. The van der Waals surface area contributed by atoms with Crippen molar-refractivity contribution in [3.8, 4) is 11.8 Å². The summed E-state index contributed by atoms with van der Waals surface area (Å²) in [5, 5.41) is 0. The minimum atomic E-state index is -0.365. The van der Waals surface area contributed by atoms with E-state index in [-0.39, 0.29) is 11.0 Å². The van der Waals surface area contributed by atoms with Gasteiger partial charge in [0.15, 0.2) is 0 Å². The number of rotatable bonds is 9. The molecule has 0 radical (unpaired) electrons. The Labute approximate surface area is 222 Å². The molecule has 7 unspecified atom stereocenters. The van der Waals surface area contributed by atoms with Crippen LogP contribution in [0.2, 0.25) is 0 Å². The molecule has 1 nitrogen and oxygen atoms in total. The fourth-order valence-electron chi connectivity index (χ4n) is 7.67. The van der Waals surface area contributed by atoms with E-state index in [1.54, 1.807) is 0 Å². The van der Waals surface area contributed by atoms with Gasteiger partial charge in [-0.1, -0.05) is 94.4 Å². The number of nitrogens with two attached hydrogens (primary N) is 1. The average molecular weight is 486 g/mol. The highest BCUT2D eigenvalue weighted by atomic mass is 14.8. The predicted molar refractivity (Wildman–Crippen MR) is 158 cm³/mol. The first kappa shape index (κ1) is 28.5. The molecule has 2 N–H and O–H groups in total. The Morgan fingerprint density at radius 3 is 2.53 bits per heavy atom. The second kappa shape index (κ2) is 11.1. The lowest BCUT2D eigenvalue weighted by Gasteiger charge is -2.61. The monoisotopic (exact) mass is 485 g/mol. The third kappa shape index (κ3) is 5.31. The molecule has 196 valence electrons. The van der Waals surface area contributed by atoms with E-state index in [1.807, 2.05) is 6.92 Å². The third-order valence-corrected chi connectivity index (χ3v) is 10.3. The first-order valence-corrected chi connectivity index (χ1v) is 14.2. The Balaban J connectivity index is 1.99. The van der Waals surface area contributed by atoms with Crippen molar-refractivity contribution in [3.63, 3.8) is 0 Å². The van der Waals surface area contributed by atoms with Gasteiger partial charge in [-0.25, -0.2) is 0 Å². The Bertz CT molecular complexity index is 1040. The molecule has 0 spiro atoms. The van der Waals surface area contributed by atoms with E-state index in [4.69, 9.17) is 12.3 Å². The number of hydrogen-bond donors (Lipinski definition) is 1. The van der Waals surface area contributed by atoms with Crippen LogP contribution in [-0.4, -0.2) is 5.54 Å². The first-order valence-electron chi connectivity index (χ1n) is 14.2. The van der Waals surface area contributed by atoms with Crippen molar-refractivity contribution in [2.24, 2.45) is 40.7 Å². The number of fused-ring (bicyclic) bond motifs is 1. The van der Waals surface area contributed by atoms with E-state index < -0.39 is 0 Å². The van der Waals surface area contributed by atoms with E-state index in [9.17, 15) is 0 Å². The molecule has 0 aromatic rings. The van der Waals surface area contributed by atoms with E-state index in [0.717, 1.165) is 50.5 Å². The lowest BCUT2D eigenvalue weighted by molar-refractivity contribution is -0.0439. The summed E-state index contributed by atoms with van der Waals surface area (Å²) >= 11 is 0. The maximum Gasteiger partial charge on any atom is 0.0398 e. The van der Waals surface area contributed by atoms with E-state index in [2.05, 4.69) is 78.3 Å². The van der Waals surface area contributed by atoms with E-state index >= 15 is 0 Å². The Morgan fingerprint density at radius 2 is 1.92 bits per heavy atom. The van der Waals surface area contributed by atoms with Crippen molar-refractivity contribution in [2.75, 3.05) is 0 Å². The molecule has 0 bridgehead atoms. The molecule has 3 aliphatic carbocycles. The summed E-state index contributed by atoms with van der Waals surface area (Å²) in [7, 11) is 0. The van der Waals surface area contributed by atoms with Crippen molar-refractivity contribution in [1.82, 2.24) is 0 Å². The van der Waals surface area contributed by atoms with Crippen LogP contribution in [0, 0.1) is 46.8 Å². The van der Waals surface area contributed by atoms with Gasteiger partial charge in [0, 0.05) is 11.1 Å². The molecule has 1 heteroatoms. The summed E-state index contributed by atoms with van der Waals surface area (Å²) in [5.41, 5.74) is 15.0. The van der Waals surface area contributed by atoms with Crippen molar-refractivity contribution >= 4 is 0 Å². The quantitative estimate of drug-likeness (QED) is 0.256. The average Bonchev–Trinajstić information content (AvgIpc) is 3.28. The van der Waals surface area contributed by atoms with Gasteiger partial charge in [-0.05, 0) is 106 Å². The summed E-state index contributed by atoms with van der Waals surface area (Å²) in [4.78, 5) is 0. The zero-order valence-electron chi connectivity index (χ0n) is 24.1. The maximum atomic E-state index is 7.36. The molecular formula is C35H51N. The summed E-state index contributed by atoms with van der Waals surface area (Å²) in [6, 6.07) is 0. The third-order valence-electron chi connectivity index (χ3n) is 10.3. The van der Waals surface area contributed by atoms with Gasteiger partial charge in [0.1, 0.15) is 0 Å². The molecular weight excluding hydrogens is 434 g/mol. The van der Waals surface area contributed by atoms with Crippen LogP contribution in [0.25, 0.3) is 0 Å². The van der Waals surface area contributed by atoms with E-state index in [1.165, 1.54) is 34.3 Å². The fourth-order valence-corrected chi connectivity index (χ4v) is 7.67. The van der Waals surface area contributed by atoms with Gasteiger partial charge in [0.25, 0.3) is 0 Å². The molecule has 0 saturated heterocycles. The highest BCUT2D eigenvalue weighted by Gasteiger charge is 2.58. The van der Waals surface area contributed by atoms with Crippen LogP contribution in [0.4, 0.5) is 0 Å². The maximum absolute atomic E-state index is 7.36. The normalized spacial score (nSPS) is 34.6. The molecule has 2 saturated carbocycles. The standard InChI is InChI=1S/C35H51N/c1-11-14-29-15-13-16-31(29)26(7)21-32-33-28(9)30(20-25(6)19-24(5)12-2)22-27(8)34(33,10)17-18-35(32,36)23(3)4/h13,16,26-27,30,32-33H,3,5-6,9,12,15,17-22,36H2,1-2,4,7-8,10H3. The molecule has 3 aliphatic rings. The highest BCUT2D eigenvalue weighted by Crippen LogP contribution is 2.63. The molecule has 2 fully saturated rings. The minimum Gasteiger partial charge on any atom is -0.321 e. The van der Waals surface area contributed by atoms with Crippen molar-refractivity contribution in [2.45, 2.75) is 98.4 Å². The summed E-state index contributed by atoms with van der Waals surface area (Å²) in [6.45, 7) is 31.6. The molecule has 0 amide bonds. The van der Waals surface area contributed by atoms with Gasteiger partial charge in [0.05, 0.1) is 0 Å². The van der Waals surface area contributed by atoms with Gasteiger partial charge >= 0.3 is 0 Å². The van der Waals surface area contributed by atoms with Crippen molar-refractivity contribution in [3.05, 3.63) is 71.9 Å². The van der Waals surface area contributed by atoms with Gasteiger partial charge < -0.3 is 5.73 Å². The molecule has 7 atom stereocenters. The fraction of sp³-hybridized carbons (Fsp3) is 0.600. The van der Waals surface area contributed by atoms with E-state index in [0.29, 0.717) is 29.6 Å². The Hall–Kier alpha value is -2.04. The zero-order chi connectivity index (χ0) is 26.8. The van der Waals surface area contributed by atoms with Gasteiger partial charge in [-0.2, -0.15) is 0 Å². The molecule has 36 heavy (non-hydrogen) atoms. The smallest absolute Gasteiger partial charge is 0.0398 e. The van der Waals surface area contributed by atoms with Crippen LogP contribution in [0.3, 0.4) is 0 Å². The lowest BCUT2D eigenvalue weighted by atomic mass is 9.44. The van der Waals surface area contributed by atoms with Crippen LogP contribution in [0.5, 0.6) is 0 Å². The largest absolute Gasteiger partial charge is 0.321 e. The number of allylic oxidation sites excluding steroid dienone is 7. The second-order valence-electron chi connectivity index (χ2n) is 12.6. The first-order chi connectivity index (χ1) is 16.9. The summed E-state index contributed by atoms with van der Waals surface area (Å²) in [6.07, 6.45) is 12.9. The molecule has 0 aromatic carbocycles. The molecule has 0 heterocycles. The SMILES string of the molecule is C=C(CC)CC(=C)CC1CC(C)C2(C)CCC(N)(C(=C)C)C(CC(C)C3=C(C#CC)CC=C3)C2C1=C. The molecule has 0 aromatic heterocycles. The van der Waals surface area contributed by atoms with Crippen LogP contribution >= 0.6 is 0 Å². The van der Waals surface area contributed by atoms with Crippen molar-refractivity contribution < 1.29 is 0 Å². The summed E-state index contributed by atoms with van der Waals surface area (Å²) in [5.74, 6) is 8.69. The summed E-state index contributed by atoms with van der Waals surface area (Å²) < 4.78 is 0.